The fraction of sp³-hybridized carbons (Fsp3) is 0.556. The number of esters is 1. The number of carbonyl (C=O) groups is 2. The molecule has 1 amide bonds. The van der Waals surface area contributed by atoms with Crippen molar-refractivity contribution >= 4 is 17.6 Å². The number of hydrogen-bond acceptors (Lipinski definition) is 6. The Balaban J connectivity index is 2.00. The van der Waals surface area contributed by atoms with Gasteiger partial charge in [-0.1, -0.05) is 0 Å². The minimum Gasteiger partial charge on any atom is -0.462 e. The van der Waals surface area contributed by atoms with Crippen LogP contribution in [-0.2, 0) is 4.74 Å². The maximum Gasteiger partial charge on any atom is 0.338 e. The first-order valence-electron chi connectivity index (χ1n) is 8.84. The van der Waals surface area contributed by atoms with E-state index in [1.54, 1.807) is 6.92 Å². The third-order valence-corrected chi connectivity index (χ3v) is 4.58. The highest BCUT2D eigenvalue weighted by molar-refractivity contribution is 5.99. The average molecular weight is 363 g/mol. The van der Waals surface area contributed by atoms with Crippen molar-refractivity contribution in [2.24, 2.45) is 5.92 Å². The first-order chi connectivity index (χ1) is 12.4. The topological polar surface area (TPSA) is 102 Å². The maximum absolute atomic E-state index is 12.4. The Bertz CT molecular complexity index is 669. The standard InChI is InChI=1S/C18H25N3O5/c1-3-26-18(23)15-10-14(11-16(12-15)21(24)25)17(22)19-7-4-13-5-8-20(2)9-6-13/h10-13H,3-9H2,1-2H3,(H,19,22). The third kappa shape index (κ3) is 5.52. The lowest BCUT2D eigenvalue weighted by Crippen LogP contribution is -2.32. The molecule has 142 valence electrons. The number of ether oxygens (including phenoxy) is 1. The van der Waals surface area contributed by atoms with Crippen LogP contribution in [0, 0.1) is 16.0 Å². The summed E-state index contributed by atoms with van der Waals surface area (Å²) in [5.41, 5.74) is -0.219. The number of amides is 1. The van der Waals surface area contributed by atoms with Gasteiger partial charge in [-0.15, -0.1) is 0 Å². The van der Waals surface area contributed by atoms with Gasteiger partial charge in [-0.2, -0.15) is 0 Å². The number of hydrogen-bond donors (Lipinski definition) is 1. The number of benzene rings is 1. The maximum atomic E-state index is 12.4. The minimum absolute atomic E-state index is 0.00141. The molecule has 1 saturated heterocycles. The van der Waals surface area contributed by atoms with Crippen LogP contribution >= 0.6 is 0 Å². The first kappa shape index (κ1) is 19.8. The summed E-state index contributed by atoms with van der Waals surface area (Å²) in [6.07, 6.45) is 3.09. The van der Waals surface area contributed by atoms with Gasteiger partial charge in [0.1, 0.15) is 0 Å². The van der Waals surface area contributed by atoms with Gasteiger partial charge < -0.3 is 15.0 Å². The van der Waals surface area contributed by atoms with Crippen LogP contribution in [0.2, 0.25) is 0 Å². The van der Waals surface area contributed by atoms with Gasteiger partial charge in [0.2, 0.25) is 0 Å². The molecule has 8 heteroatoms. The van der Waals surface area contributed by atoms with Gasteiger partial charge in [-0.05, 0) is 58.3 Å². The van der Waals surface area contributed by atoms with Crippen molar-refractivity contribution in [2.75, 3.05) is 33.3 Å². The van der Waals surface area contributed by atoms with Gasteiger partial charge >= 0.3 is 5.97 Å². The average Bonchev–Trinajstić information content (AvgIpc) is 2.63. The van der Waals surface area contributed by atoms with Crippen LogP contribution in [0.5, 0.6) is 0 Å². The number of likely N-dealkylation sites (tertiary alicyclic amines) is 1. The second-order valence-electron chi connectivity index (χ2n) is 6.54. The summed E-state index contributed by atoms with van der Waals surface area (Å²) in [6.45, 7) is 4.43. The molecule has 8 nitrogen and oxygen atoms in total. The van der Waals surface area contributed by atoms with E-state index in [4.69, 9.17) is 4.74 Å². The molecule has 0 aromatic heterocycles. The van der Waals surface area contributed by atoms with E-state index in [9.17, 15) is 19.7 Å². The normalized spacial score (nSPS) is 15.5. The number of carbonyl (C=O) groups excluding carboxylic acids is 2. The second-order valence-corrected chi connectivity index (χ2v) is 6.54. The monoisotopic (exact) mass is 363 g/mol. The molecule has 2 rings (SSSR count). The lowest BCUT2D eigenvalue weighted by atomic mass is 9.94. The van der Waals surface area contributed by atoms with E-state index in [2.05, 4.69) is 17.3 Å². The number of nitro groups is 1. The predicted octanol–water partition coefficient (Wildman–Crippen LogP) is 2.23. The summed E-state index contributed by atoms with van der Waals surface area (Å²) in [4.78, 5) is 36.9. The molecule has 1 aliphatic heterocycles. The van der Waals surface area contributed by atoms with Crippen molar-refractivity contribution in [1.29, 1.82) is 0 Å². The van der Waals surface area contributed by atoms with Gasteiger partial charge in [0, 0.05) is 24.2 Å². The Morgan fingerprint density at radius 3 is 2.54 bits per heavy atom. The van der Waals surface area contributed by atoms with Gasteiger partial charge in [-0.25, -0.2) is 4.79 Å². The van der Waals surface area contributed by atoms with Crippen LogP contribution in [0.1, 0.15) is 46.9 Å². The van der Waals surface area contributed by atoms with Gasteiger partial charge in [0.15, 0.2) is 0 Å². The van der Waals surface area contributed by atoms with Crippen LogP contribution in [0.4, 0.5) is 5.69 Å². The van der Waals surface area contributed by atoms with E-state index < -0.39 is 16.8 Å². The summed E-state index contributed by atoms with van der Waals surface area (Å²) < 4.78 is 4.87. The third-order valence-electron chi connectivity index (χ3n) is 4.58. The molecule has 0 saturated carbocycles. The molecule has 0 aliphatic carbocycles. The SMILES string of the molecule is CCOC(=O)c1cc(C(=O)NCCC2CCN(C)CC2)cc([N+](=O)[O-])c1. The quantitative estimate of drug-likeness (QED) is 0.453. The number of nitrogens with zero attached hydrogens (tertiary/aromatic N) is 2. The first-order valence-corrected chi connectivity index (χ1v) is 8.84. The Morgan fingerprint density at radius 2 is 1.92 bits per heavy atom. The highest BCUT2D eigenvalue weighted by atomic mass is 16.6. The fourth-order valence-electron chi connectivity index (χ4n) is 3.02. The molecule has 1 aromatic rings. The zero-order valence-corrected chi connectivity index (χ0v) is 15.2. The Labute approximate surface area is 152 Å². The Hall–Kier alpha value is -2.48. The fourth-order valence-corrected chi connectivity index (χ4v) is 3.02. The smallest absolute Gasteiger partial charge is 0.338 e. The molecule has 0 unspecified atom stereocenters. The molecule has 1 aliphatic rings. The van der Waals surface area contributed by atoms with Gasteiger partial charge in [0.25, 0.3) is 11.6 Å². The van der Waals surface area contributed by atoms with Crippen molar-refractivity contribution in [3.63, 3.8) is 0 Å². The van der Waals surface area contributed by atoms with Gasteiger partial charge in [0.05, 0.1) is 17.1 Å². The summed E-state index contributed by atoms with van der Waals surface area (Å²) >= 11 is 0. The summed E-state index contributed by atoms with van der Waals surface area (Å²) in [5, 5.41) is 13.9. The number of non-ortho nitro benzene ring substituents is 1. The number of nitro benzene ring substituents is 1. The molecule has 1 heterocycles. The highest BCUT2D eigenvalue weighted by Crippen LogP contribution is 2.20. The molecule has 26 heavy (non-hydrogen) atoms. The molecule has 1 aromatic carbocycles. The van der Waals surface area contributed by atoms with Crippen molar-refractivity contribution in [1.82, 2.24) is 10.2 Å². The minimum atomic E-state index is -0.684. The van der Waals surface area contributed by atoms with Crippen LogP contribution in [-0.4, -0.2) is 55.0 Å². The summed E-state index contributed by atoms with van der Waals surface area (Å²) in [6, 6.07) is 3.62. The zero-order chi connectivity index (χ0) is 19.1. The van der Waals surface area contributed by atoms with E-state index in [-0.39, 0.29) is 23.4 Å². The highest BCUT2D eigenvalue weighted by Gasteiger charge is 2.20. The van der Waals surface area contributed by atoms with Crippen LogP contribution in [0.3, 0.4) is 0 Å². The molecule has 1 N–H and O–H groups in total. The van der Waals surface area contributed by atoms with E-state index in [1.807, 2.05) is 0 Å². The summed E-state index contributed by atoms with van der Waals surface area (Å²) in [5.74, 6) is -0.532. The van der Waals surface area contributed by atoms with Crippen molar-refractivity contribution in [3.05, 3.63) is 39.4 Å². The molecule has 0 radical (unpaired) electrons. The van der Waals surface area contributed by atoms with Crippen LogP contribution in [0.15, 0.2) is 18.2 Å². The number of rotatable bonds is 7. The predicted molar refractivity (Wildman–Crippen MR) is 96.2 cm³/mol. The number of piperidine rings is 1. The van der Waals surface area contributed by atoms with Gasteiger partial charge in [-0.3, -0.25) is 14.9 Å². The molecule has 0 spiro atoms. The molecular formula is C18H25N3O5. The van der Waals surface area contributed by atoms with Crippen LogP contribution in [0.25, 0.3) is 0 Å². The molecule has 0 atom stereocenters. The molecular weight excluding hydrogens is 338 g/mol. The Morgan fingerprint density at radius 1 is 1.27 bits per heavy atom. The van der Waals surface area contributed by atoms with E-state index in [0.29, 0.717) is 12.5 Å². The van der Waals surface area contributed by atoms with Crippen molar-refractivity contribution in [3.8, 4) is 0 Å². The van der Waals surface area contributed by atoms with Crippen molar-refractivity contribution in [2.45, 2.75) is 26.2 Å². The summed E-state index contributed by atoms with van der Waals surface area (Å²) in [7, 11) is 2.10. The largest absolute Gasteiger partial charge is 0.462 e. The molecule has 1 fully saturated rings. The number of nitrogens with one attached hydrogen (secondary N) is 1. The zero-order valence-electron chi connectivity index (χ0n) is 15.2. The lowest BCUT2D eigenvalue weighted by molar-refractivity contribution is -0.384. The lowest BCUT2D eigenvalue weighted by Gasteiger charge is -2.28. The van der Waals surface area contributed by atoms with Crippen molar-refractivity contribution < 1.29 is 19.2 Å². The van der Waals surface area contributed by atoms with E-state index >= 15 is 0 Å². The molecule has 0 bridgehead atoms. The van der Waals surface area contributed by atoms with E-state index in [1.165, 1.54) is 12.1 Å². The Kier molecular flexibility index (Phi) is 7.08. The second kappa shape index (κ2) is 9.28. The van der Waals surface area contributed by atoms with Crippen LogP contribution < -0.4 is 5.32 Å². The van der Waals surface area contributed by atoms with E-state index in [0.717, 1.165) is 38.4 Å².